The van der Waals surface area contributed by atoms with E-state index in [1.807, 2.05) is 18.3 Å². The molecule has 1 aliphatic rings. The molecule has 2 rings (SSSR count). The Bertz CT molecular complexity index is 314. The van der Waals surface area contributed by atoms with Crippen molar-refractivity contribution in [3.63, 3.8) is 0 Å². The number of pyridine rings is 1. The summed E-state index contributed by atoms with van der Waals surface area (Å²) in [7, 11) is 0. The van der Waals surface area contributed by atoms with Crippen molar-refractivity contribution in [3.8, 4) is 0 Å². The number of aromatic nitrogens is 1. The second-order valence-corrected chi connectivity index (χ2v) is 4.33. The van der Waals surface area contributed by atoms with E-state index in [1.54, 1.807) is 0 Å². The maximum absolute atomic E-state index is 4.30. The summed E-state index contributed by atoms with van der Waals surface area (Å²) in [6.07, 6.45) is 9.51. The summed E-state index contributed by atoms with van der Waals surface area (Å²) >= 11 is 0.435. The molecule has 0 radical (unpaired) electrons. The van der Waals surface area contributed by atoms with Crippen LogP contribution in [-0.4, -0.2) is 4.98 Å². The fraction of sp³-hybridized carbons (Fsp3) is 0.100. The summed E-state index contributed by atoms with van der Waals surface area (Å²) in [5, 5.41) is 0. The molecule has 0 saturated carbocycles. The van der Waals surface area contributed by atoms with Crippen LogP contribution in [0, 0.1) is 0 Å². The third kappa shape index (κ3) is 1.85. The Labute approximate surface area is 78.5 Å². The molecule has 1 aliphatic carbocycles. The SMILES string of the molecule is C1=CC[C]([Cr][c]2ccccn2)=C1. The van der Waals surface area contributed by atoms with Crippen molar-refractivity contribution in [2.24, 2.45) is 0 Å². The summed E-state index contributed by atoms with van der Waals surface area (Å²) in [4.78, 5) is 4.30. The first-order valence-corrected chi connectivity index (χ1v) is 5.17. The quantitative estimate of drug-likeness (QED) is 0.699. The molecule has 0 atom stereocenters. The molecule has 0 spiro atoms. The van der Waals surface area contributed by atoms with Gasteiger partial charge in [-0.1, -0.05) is 0 Å². The zero-order valence-electron chi connectivity index (χ0n) is 6.60. The fourth-order valence-corrected chi connectivity index (χ4v) is 2.38. The summed E-state index contributed by atoms with van der Waals surface area (Å²) in [6, 6.07) is 6.10. The van der Waals surface area contributed by atoms with E-state index >= 15 is 0 Å². The molecule has 12 heavy (non-hydrogen) atoms. The Hall–Kier alpha value is -0.838. The van der Waals surface area contributed by atoms with Crippen LogP contribution in [0.15, 0.2) is 47.1 Å². The standard InChI is InChI=1S/C5H4N.C5H5.Cr/c1-2-4-6-5-3-1;1-2-4-5-3-1;/h1-4H;1-3H,4H2;. The molecule has 0 fully saturated rings. The van der Waals surface area contributed by atoms with Gasteiger partial charge in [0.2, 0.25) is 0 Å². The first kappa shape index (κ1) is 7.79. The monoisotopic (exact) mass is 195 g/mol. The van der Waals surface area contributed by atoms with E-state index in [0.29, 0.717) is 15.2 Å². The minimum atomic E-state index is 0.435. The van der Waals surface area contributed by atoms with Crippen LogP contribution in [0.4, 0.5) is 0 Å². The van der Waals surface area contributed by atoms with Crippen LogP contribution in [0.1, 0.15) is 6.42 Å². The molecule has 0 aromatic carbocycles. The summed E-state index contributed by atoms with van der Waals surface area (Å²) < 4.78 is 2.74. The fourth-order valence-electron chi connectivity index (χ4n) is 1.05. The normalized spacial score (nSPS) is 14.8. The molecule has 2 heteroatoms. The van der Waals surface area contributed by atoms with Gasteiger partial charge in [0.25, 0.3) is 0 Å². The van der Waals surface area contributed by atoms with Gasteiger partial charge in [-0.25, -0.2) is 0 Å². The van der Waals surface area contributed by atoms with Gasteiger partial charge in [-0.05, 0) is 0 Å². The van der Waals surface area contributed by atoms with Crippen molar-refractivity contribution in [1.82, 2.24) is 4.98 Å². The van der Waals surface area contributed by atoms with Crippen molar-refractivity contribution in [1.29, 1.82) is 0 Å². The van der Waals surface area contributed by atoms with Crippen LogP contribution in [0.2, 0.25) is 0 Å². The predicted octanol–water partition coefficient (Wildman–Crippen LogP) is 1.63. The Morgan fingerprint density at radius 3 is 3.00 bits per heavy atom. The van der Waals surface area contributed by atoms with Gasteiger partial charge in [-0.2, -0.15) is 0 Å². The molecule has 0 saturated heterocycles. The Morgan fingerprint density at radius 2 is 2.33 bits per heavy atom. The zero-order valence-corrected chi connectivity index (χ0v) is 7.88. The predicted molar refractivity (Wildman–Crippen MR) is 45.7 cm³/mol. The van der Waals surface area contributed by atoms with E-state index in [1.165, 1.54) is 8.99 Å². The van der Waals surface area contributed by atoms with Crippen LogP contribution >= 0.6 is 0 Å². The molecule has 0 N–H and O–H groups in total. The molecular weight excluding hydrogens is 186 g/mol. The van der Waals surface area contributed by atoms with E-state index in [9.17, 15) is 0 Å². The second-order valence-electron chi connectivity index (χ2n) is 2.54. The van der Waals surface area contributed by atoms with Gasteiger partial charge in [0.1, 0.15) is 0 Å². The second kappa shape index (κ2) is 3.71. The van der Waals surface area contributed by atoms with Gasteiger partial charge in [0, 0.05) is 0 Å². The molecule has 0 unspecified atom stereocenters. The Morgan fingerprint density at radius 1 is 1.33 bits per heavy atom. The molecule has 0 bridgehead atoms. The molecule has 0 amide bonds. The first-order chi connectivity index (χ1) is 5.95. The van der Waals surface area contributed by atoms with Gasteiger partial charge in [0.15, 0.2) is 0 Å². The minimum absolute atomic E-state index is 0.435. The van der Waals surface area contributed by atoms with Gasteiger partial charge >= 0.3 is 78.2 Å². The van der Waals surface area contributed by atoms with Crippen molar-refractivity contribution >= 4 is 4.56 Å². The number of rotatable bonds is 2. The van der Waals surface area contributed by atoms with Gasteiger partial charge < -0.3 is 0 Å². The van der Waals surface area contributed by atoms with Crippen LogP contribution in [0.3, 0.4) is 0 Å². The van der Waals surface area contributed by atoms with Crippen molar-refractivity contribution in [2.45, 2.75) is 6.42 Å². The van der Waals surface area contributed by atoms with Crippen LogP contribution in [0.25, 0.3) is 0 Å². The Balaban J connectivity index is 2.05. The number of nitrogens with zero attached hydrogens (tertiary/aromatic N) is 1. The van der Waals surface area contributed by atoms with E-state index in [0.717, 1.165) is 6.42 Å². The van der Waals surface area contributed by atoms with E-state index in [-0.39, 0.29) is 0 Å². The molecule has 1 nitrogen and oxygen atoms in total. The zero-order chi connectivity index (χ0) is 8.23. The molecule has 1 heterocycles. The molecule has 0 aliphatic heterocycles. The average Bonchev–Trinajstić information content (AvgIpc) is 2.59. The summed E-state index contributed by atoms with van der Waals surface area (Å²) in [6.45, 7) is 0. The maximum atomic E-state index is 4.30. The third-order valence-corrected chi connectivity index (χ3v) is 3.20. The van der Waals surface area contributed by atoms with Crippen LogP contribution in [0.5, 0.6) is 0 Å². The summed E-state index contributed by atoms with van der Waals surface area (Å²) in [5.41, 5.74) is 0. The van der Waals surface area contributed by atoms with Crippen LogP contribution in [-0.2, 0) is 15.2 Å². The number of hydrogen-bond donors (Lipinski definition) is 0. The first-order valence-electron chi connectivity index (χ1n) is 3.90. The number of hydrogen-bond acceptors (Lipinski definition) is 1. The van der Waals surface area contributed by atoms with E-state index in [4.69, 9.17) is 0 Å². The topological polar surface area (TPSA) is 12.9 Å². The van der Waals surface area contributed by atoms with Crippen LogP contribution < -0.4 is 4.56 Å². The van der Waals surface area contributed by atoms with Gasteiger partial charge in [0.05, 0.1) is 0 Å². The van der Waals surface area contributed by atoms with Gasteiger partial charge in [-0.15, -0.1) is 0 Å². The number of allylic oxidation sites excluding steroid dienone is 4. The molecular formula is C10H9CrN. The van der Waals surface area contributed by atoms with Crippen molar-refractivity contribution in [2.75, 3.05) is 0 Å². The van der Waals surface area contributed by atoms with Crippen molar-refractivity contribution in [3.05, 3.63) is 47.1 Å². The molecule has 1 aromatic heterocycles. The van der Waals surface area contributed by atoms with E-state index in [2.05, 4.69) is 29.3 Å². The molecule has 60 valence electrons. The van der Waals surface area contributed by atoms with E-state index < -0.39 is 0 Å². The molecule has 1 aromatic rings. The van der Waals surface area contributed by atoms with Gasteiger partial charge in [-0.3, -0.25) is 0 Å². The van der Waals surface area contributed by atoms with Crippen molar-refractivity contribution < 1.29 is 15.2 Å². The summed E-state index contributed by atoms with van der Waals surface area (Å²) in [5.74, 6) is 0. The third-order valence-electron chi connectivity index (χ3n) is 1.61. The average molecular weight is 195 g/mol. The Kier molecular flexibility index (Phi) is 2.41.